The molecule has 0 aliphatic carbocycles. The van der Waals surface area contributed by atoms with Crippen LogP contribution >= 0.6 is 11.8 Å². The van der Waals surface area contributed by atoms with E-state index in [0.717, 1.165) is 0 Å². The van der Waals surface area contributed by atoms with Crippen LogP contribution in [0.3, 0.4) is 0 Å². The summed E-state index contributed by atoms with van der Waals surface area (Å²) in [5.41, 5.74) is 0. The van der Waals surface area contributed by atoms with Gasteiger partial charge >= 0.3 is 0 Å². The molecule has 1 atom stereocenters. The third kappa shape index (κ3) is 4.13. The monoisotopic (exact) mass is 304 g/mol. The number of hydrogen-bond acceptors (Lipinski definition) is 3. The number of nitrogens with one attached hydrogen (secondary N) is 2. The molecule has 0 aromatic carbocycles. The lowest BCUT2D eigenvalue weighted by Crippen LogP contribution is -2.65. The summed E-state index contributed by atoms with van der Waals surface area (Å²) in [6.45, 7) is 13.7. The molecule has 104 valence electrons. The smallest absolute Gasteiger partial charge is 0.279 e. The molecule has 1 saturated heterocycles. The van der Waals surface area contributed by atoms with Crippen LogP contribution in [-0.4, -0.2) is 44.4 Å². The fraction of sp³-hybridized carbons (Fsp3) is 0.818. The molecule has 1 aliphatic rings. The van der Waals surface area contributed by atoms with Crippen molar-refractivity contribution in [1.29, 1.82) is 0 Å². The number of thioether (sulfide) groups is 1. The van der Waals surface area contributed by atoms with Gasteiger partial charge in [-0.25, -0.2) is 0 Å². The molecule has 1 unspecified atom stereocenters. The maximum absolute atomic E-state index is 12.2. The minimum atomic E-state index is -1.44. The first-order chi connectivity index (χ1) is 8.01. The Morgan fingerprint density at radius 2 is 1.78 bits per heavy atom. The lowest BCUT2D eigenvalue weighted by molar-refractivity contribution is -0.122. The predicted molar refractivity (Wildman–Crippen MR) is 83.4 cm³/mol. The van der Waals surface area contributed by atoms with Crippen LogP contribution in [-0.2, 0) is 4.79 Å². The van der Waals surface area contributed by atoms with Crippen molar-refractivity contribution in [3.63, 3.8) is 0 Å². The normalized spacial score (nSPS) is 21.1. The van der Waals surface area contributed by atoms with Gasteiger partial charge in [-0.15, -0.1) is 0 Å². The van der Waals surface area contributed by atoms with E-state index in [0.29, 0.717) is 11.0 Å². The predicted octanol–water partition coefficient (Wildman–Crippen LogP) is 2.05. The van der Waals surface area contributed by atoms with Gasteiger partial charge in [0.25, 0.3) is 5.24 Å². The van der Waals surface area contributed by atoms with E-state index in [2.05, 4.69) is 49.9 Å². The van der Waals surface area contributed by atoms with Crippen molar-refractivity contribution in [3.8, 4) is 0 Å². The largest absolute Gasteiger partial charge is 0.357 e. The van der Waals surface area contributed by atoms with E-state index in [1.54, 1.807) is 0 Å². The quantitative estimate of drug-likeness (QED) is 0.782. The third-order valence-corrected chi connectivity index (χ3v) is 12.8. The summed E-state index contributed by atoms with van der Waals surface area (Å²) in [6, 6.07) is -0.349. The van der Waals surface area contributed by atoms with E-state index >= 15 is 0 Å². The average Bonchev–Trinajstić information content (AvgIpc) is 2.57. The Bertz CT molecular complexity index is 336. The summed E-state index contributed by atoms with van der Waals surface area (Å²) in [5, 5.41) is 6.16. The van der Waals surface area contributed by atoms with Gasteiger partial charge in [0.15, 0.2) is 0 Å². The zero-order chi connectivity index (χ0) is 14.1. The first-order valence-electron chi connectivity index (χ1n) is 6.25. The standard InChI is InChI=1S/C11H24N2O2SSi2/c1-17(2,3)11(18(4,5)6)13-9(14)8-7-16-10(15)12-8/h8,11H,7H2,1-6H3,(H,12,15)(H,13,14). The molecule has 18 heavy (non-hydrogen) atoms. The molecule has 0 bridgehead atoms. The first-order valence-corrected chi connectivity index (χ1v) is 14.4. The van der Waals surface area contributed by atoms with Crippen molar-refractivity contribution in [3.05, 3.63) is 0 Å². The fourth-order valence-corrected chi connectivity index (χ4v) is 14.8. The zero-order valence-electron chi connectivity index (χ0n) is 12.1. The van der Waals surface area contributed by atoms with Gasteiger partial charge in [-0.2, -0.15) is 0 Å². The molecule has 0 aromatic rings. The highest BCUT2D eigenvalue weighted by Crippen LogP contribution is 2.20. The molecule has 0 saturated carbocycles. The summed E-state index contributed by atoms with van der Waals surface area (Å²) in [6.07, 6.45) is 0. The van der Waals surface area contributed by atoms with Crippen molar-refractivity contribution in [2.75, 3.05) is 5.75 Å². The van der Waals surface area contributed by atoms with E-state index in [-0.39, 0.29) is 17.2 Å². The van der Waals surface area contributed by atoms with Gasteiger partial charge in [0.1, 0.15) is 6.04 Å². The molecular formula is C11H24N2O2SSi2. The summed E-state index contributed by atoms with van der Waals surface area (Å²) >= 11 is 1.19. The van der Waals surface area contributed by atoms with Crippen LogP contribution in [0.4, 0.5) is 4.79 Å². The Hall–Kier alpha value is -0.276. The lowest BCUT2D eigenvalue weighted by Gasteiger charge is -2.39. The lowest BCUT2D eigenvalue weighted by atomic mass is 10.3. The van der Waals surface area contributed by atoms with Gasteiger partial charge in [-0.1, -0.05) is 51.0 Å². The van der Waals surface area contributed by atoms with Gasteiger partial charge in [0, 0.05) is 11.0 Å². The topological polar surface area (TPSA) is 58.2 Å². The summed E-state index contributed by atoms with van der Waals surface area (Å²) < 4.78 is 0. The molecule has 4 nitrogen and oxygen atoms in total. The molecule has 0 radical (unpaired) electrons. The van der Waals surface area contributed by atoms with Crippen molar-refractivity contribution in [2.24, 2.45) is 0 Å². The second-order valence-electron chi connectivity index (χ2n) is 6.97. The van der Waals surface area contributed by atoms with E-state index in [9.17, 15) is 9.59 Å². The van der Waals surface area contributed by atoms with Crippen LogP contribution in [0.5, 0.6) is 0 Å². The van der Waals surface area contributed by atoms with Crippen molar-refractivity contribution in [2.45, 2.75) is 50.6 Å². The SMILES string of the molecule is C[Si](C)(C)C(NC(=O)C1CSC(=O)N1)[Si](C)(C)C. The molecule has 1 fully saturated rings. The van der Waals surface area contributed by atoms with E-state index in [4.69, 9.17) is 0 Å². The number of carbonyl (C=O) groups excluding carboxylic acids is 2. The van der Waals surface area contributed by atoms with E-state index in [1.807, 2.05) is 0 Å². The Labute approximate surface area is 116 Å². The molecule has 1 rings (SSSR count). The van der Waals surface area contributed by atoms with Crippen LogP contribution in [0.15, 0.2) is 0 Å². The van der Waals surface area contributed by atoms with Crippen LogP contribution in [0.2, 0.25) is 39.3 Å². The Morgan fingerprint density at radius 3 is 2.11 bits per heavy atom. The maximum Gasteiger partial charge on any atom is 0.279 e. The minimum absolute atomic E-state index is 0.0109. The molecule has 0 spiro atoms. The van der Waals surface area contributed by atoms with Crippen molar-refractivity contribution >= 4 is 39.1 Å². The van der Waals surface area contributed by atoms with Gasteiger partial charge in [0.05, 0.1) is 16.1 Å². The first kappa shape index (κ1) is 15.8. The Kier molecular flexibility index (Phi) is 4.72. The fourth-order valence-electron chi connectivity index (χ4n) is 2.50. The van der Waals surface area contributed by atoms with Crippen LogP contribution in [0.1, 0.15) is 0 Å². The molecule has 7 heteroatoms. The molecule has 1 aliphatic heterocycles. The van der Waals surface area contributed by atoms with Gasteiger partial charge in [-0.05, 0) is 0 Å². The second-order valence-corrected chi connectivity index (χ2v) is 19.2. The van der Waals surface area contributed by atoms with Crippen LogP contribution < -0.4 is 10.6 Å². The molecule has 2 amide bonds. The summed E-state index contributed by atoms with van der Waals surface area (Å²) in [7, 11) is -2.89. The Balaban J connectivity index is 2.73. The van der Waals surface area contributed by atoms with Gasteiger partial charge in [0.2, 0.25) is 5.91 Å². The average molecular weight is 305 g/mol. The molecular weight excluding hydrogens is 280 g/mol. The minimum Gasteiger partial charge on any atom is -0.357 e. The highest BCUT2D eigenvalue weighted by Gasteiger charge is 2.40. The van der Waals surface area contributed by atoms with E-state index in [1.165, 1.54) is 11.8 Å². The highest BCUT2D eigenvalue weighted by atomic mass is 32.2. The van der Waals surface area contributed by atoms with Gasteiger partial charge < -0.3 is 10.6 Å². The highest BCUT2D eigenvalue weighted by molar-refractivity contribution is 8.14. The number of rotatable bonds is 4. The maximum atomic E-state index is 12.2. The zero-order valence-corrected chi connectivity index (χ0v) is 14.9. The van der Waals surface area contributed by atoms with E-state index < -0.39 is 16.1 Å². The van der Waals surface area contributed by atoms with Crippen LogP contribution in [0, 0.1) is 0 Å². The van der Waals surface area contributed by atoms with Gasteiger partial charge in [-0.3, -0.25) is 9.59 Å². The third-order valence-electron chi connectivity index (χ3n) is 3.01. The summed E-state index contributed by atoms with van der Waals surface area (Å²) in [5.74, 6) is 0.539. The number of carbonyl (C=O) groups is 2. The van der Waals surface area contributed by atoms with Crippen LogP contribution in [0.25, 0.3) is 0 Å². The molecule has 1 heterocycles. The number of hydrogen-bond donors (Lipinski definition) is 2. The molecule has 0 aromatic heterocycles. The molecule has 2 N–H and O–H groups in total. The van der Waals surface area contributed by atoms with Crippen molar-refractivity contribution in [1.82, 2.24) is 10.6 Å². The Morgan fingerprint density at radius 1 is 1.28 bits per heavy atom. The summed E-state index contributed by atoms with van der Waals surface area (Å²) in [4.78, 5) is 23.3. The number of amides is 2. The van der Waals surface area contributed by atoms with Crippen molar-refractivity contribution < 1.29 is 9.59 Å². The second kappa shape index (κ2) is 5.38.